The Morgan fingerprint density at radius 1 is 1.52 bits per heavy atom. The Bertz CT molecular complexity index is 632. The van der Waals surface area contributed by atoms with Crippen molar-refractivity contribution in [3.05, 3.63) is 40.8 Å². The lowest BCUT2D eigenvalue weighted by atomic mass is 9.70. The highest BCUT2D eigenvalue weighted by Crippen LogP contribution is 2.09. The van der Waals surface area contributed by atoms with E-state index >= 15 is 0 Å². The topological polar surface area (TPSA) is 86.4 Å². The summed E-state index contributed by atoms with van der Waals surface area (Å²) >= 11 is 0. The fourth-order valence-corrected chi connectivity index (χ4v) is 2.47. The summed E-state index contributed by atoms with van der Waals surface area (Å²) in [6.45, 7) is 4.81. The minimum Gasteiger partial charge on any atom is -0.391 e. The Kier molecular flexibility index (Phi) is 5.75. The Morgan fingerprint density at radius 2 is 2.30 bits per heavy atom. The van der Waals surface area contributed by atoms with Gasteiger partial charge < -0.3 is 10.6 Å². The van der Waals surface area contributed by atoms with Gasteiger partial charge in [-0.2, -0.15) is 0 Å². The second kappa shape index (κ2) is 7.78. The van der Waals surface area contributed by atoms with Crippen molar-refractivity contribution in [3.8, 4) is 0 Å². The van der Waals surface area contributed by atoms with Crippen LogP contribution in [0.5, 0.6) is 0 Å². The third-order valence-corrected chi connectivity index (χ3v) is 3.88. The molecule has 3 N–H and O–H groups in total. The van der Waals surface area contributed by atoms with Crippen molar-refractivity contribution in [2.45, 2.75) is 20.3 Å². The Balaban J connectivity index is 1.92. The number of nitrogens with zero attached hydrogens (tertiary/aromatic N) is 2. The van der Waals surface area contributed by atoms with Gasteiger partial charge in [0.1, 0.15) is 6.54 Å². The number of likely N-dealkylation sites (N-methyl/N-ethyl adjacent to an activating group) is 1. The number of carbonyl (C=O) groups is 2. The molecular formula is C15H22BN5O2. The highest BCUT2D eigenvalue weighted by Gasteiger charge is 2.26. The van der Waals surface area contributed by atoms with E-state index in [1.165, 1.54) is 5.01 Å². The number of hydrazine groups is 1. The van der Waals surface area contributed by atoms with Crippen LogP contribution in [0.2, 0.25) is 6.82 Å². The van der Waals surface area contributed by atoms with Gasteiger partial charge in [0.2, 0.25) is 5.91 Å². The Morgan fingerprint density at radius 3 is 2.96 bits per heavy atom. The molecule has 1 aliphatic heterocycles. The van der Waals surface area contributed by atoms with Crippen LogP contribution in [-0.2, 0) is 16.1 Å². The first-order valence-corrected chi connectivity index (χ1v) is 7.68. The summed E-state index contributed by atoms with van der Waals surface area (Å²) in [4.78, 5) is 28.5. The second-order valence-electron chi connectivity index (χ2n) is 5.37. The van der Waals surface area contributed by atoms with Gasteiger partial charge in [-0.05, 0) is 29.6 Å². The lowest BCUT2D eigenvalue weighted by molar-refractivity contribution is -0.136. The van der Waals surface area contributed by atoms with Crippen molar-refractivity contribution < 1.29 is 9.59 Å². The summed E-state index contributed by atoms with van der Waals surface area (Å²) in [6.07, 6.45) is 3.45. The Hall–Kier alpha value is -2.35. The monoisotopic (exact) mass is 315 g/mol. The van der Waals surface area contributed by atoms with E-state index in [0.29, 0.717) is 25.8 Å². The van der Waals surface area contributed by atoms with Crippen molar-refractivity contribution in [3.63, 3.8) is 0 Å². The van der Waals surface area contributed by atoms with E-state index in [9.17, 15) is 9.59 Å². The SMILES string of the molecule is CBC1=C(NC)CNN(CC(=O)NCc2ccncc2C)C1=O. The zero-order valence-electron chi connectivity index (χ0n) is 13.8. The van der Waals surface area contributed by atoms with E-state index in [0.717, 1.165) is 16.8 Å². The average Bonchev–Trinajstić information content (AvgIpc) is 2.55. The molecule has 0 radical (unpaired) electrons. The smallest absolute Gasteiger partial charge is 0.256 e. The van der Waals surface area contributed by atoms with Crippen LogP contribution in [0.25, 0.3) is 0 Å². The maximum absolute atomic E-state index is 12.4. The molecule has 8 heteroatoms. The third kappa shape index (κ3) is 4.10. The van der Waals surface area contributed by atoms with E-state index in [1.54, 1.807) is 19.4 Å². The third-order valence-electron chi connectivity index (χ3n) is 3.88. The van der Waals surface area contributed by atoms with Crippen molar-refractivity contribution in [2.24, 2.45) is 0 Å². The molecule has 0 atom stereocenters. The summed E-state index contributed by atoms with van der Waals surface area (Å²) in [5.41, 5.74) is 6.59. The molecule has 2 amide bonds. The predicted octanol–water partition coefficient (Wildman–Crippen LogP) is -0.731. The molecule has 0 aromatic carbocycles. The molecule has 2 rings (SSSR count). The zero-order chi connectivity index (χ0) is 16.8. The highest BCUT2D eigenvalue weighted by atomic mass is 16.2. The second-order valence-corrected chi connectivity index (χ2v) is 5.37. The van der Waals surface area contributed by atoms with Crippen LogP contribution in [0, 0.1) is 6.92 Å². The number of pyridine rings is 1. The first-order valence-electron chi connectivity index (χ1n) is 7.68. The number of rotatable bonds is 6. The van der Waals surface area contributed by atoms with Crippen LogP contribution in [0.4, 0.5) is 0 Å². The van der Waals surface area contributed by atoms with Gasteiger partial charge in [-0.3, -0.25) is 19.6 Å². The van der Waals surface area contributed by atoms with Gasteiger partial charge in [0.15, 0.2) is 7.28 Å². The Labute approximate surface area is 136 Å². The number of amides is 2. The van der Waals surface area contributed by atoms with Crippen LogP contribution in [-0.4, -0.2) is 49.2 Å². The van der Waals surface area contributed by atoms with Gasteiger partial charge in [-0.25, -0.2) is 5.43 Å². The summed E-state index contributed by atoms with van der Waals surface area (Å²) in [7, 11) is 2.42. The summed E-state index contributed by atoms with van der Waals surface area (Å²) in [6, 6.07) is 1.87. The molecule has 122 valence electrons. The van der Waals surface area contributed by atoms with Crippen molar-refractivity contribution >= 4 is 19.1 Å². The molecule has 0 saturated heterocycles. The van der Waals surface area contributed by atoms with E-state index < -0.39 is 0 Å². The molecule has 0 saturated carbocycles. The molecule has 23 heavy (non-hydrogen) atoms. The summed E-state index contributed by atoms with van der Waals surface area (Å²) in [5.74, 6) is -0.358. The largest absolute Gasteiger partial charge is 0.391 e. The number of nitrogens with one attached hydrogen (secondary N) is 3. The number of hydrogen-bond donors (Lipinski definition) is 3. The van der Waals surface area contributed by atoms with Crippen molar-refractivity contribution in [1.29, 1.82) is 0 Å². The van der Waals surface area contributed by atoms with Crippen molar-refractivity contribution in [1.82, 2.24) is 26.1 Å². The maximum Gasteiger partial charge on any atom is 0.256 e. The quantitative estimate of drug-likeness (QED) is 0.603. The standard InChI is InChI=1S/C15H22BN5O2/c1-10-6-18-5-4-11(10)7-19-13(22)9-21-15(23)14(16-2)12(17-3)8-20-21/h4-6,16-17,20H,7-9H2,1-3H3,(H,19,22). The zero-order valence-corrected chi connectivity index (χ0v) is 13.8. The molecule has 0 unspecified atom stereocenters. The molecular weight excluding hydrogens is 293 g/mol. The average molecular weight is 315 g/mol. The van der Waals surface area contributed by atoms with Crippen LogP contribution < -0.4 is 16.1 Å². The minimum absolute atomic E-state index is 0.0105. The molecule has 0 fully saturated rings. The van der Waals surface area contributed by atoms with Gasteiger partial charge in [0.05, 0.1) is 6.54 Å². The summed E-state index contributed by atoms with van der Waals surface area (Å²) in [5, 5.41) is 7.23. The molecule has 0 aliphatic carbocycles. The highest BCUT2D eigenvalue weighted by molar-refractivity contribution is 6.53. The van der Waals surface area contributed by atoms with Gasteiger partial charge in [-0.15, -0.1) is 0 Å². The van der Waals surface area contributed by atoms with Crippen LogP contribution in [0.15, 0.2) is 29.6 Å². The first-order chi connectivity index (χ1) is 11.1. The minimum atomic E-state index is -0.203. The maximum atomic E-state index is 12.4. The summed E-state index contributed by atoms with van der Waals surface area (Å²) < 4.78 is 0. The van der Waals surface area contributed by atoms with E-state index in [-0.39, 0.29) is 18.4 Å². The normalized spacial score (nSPS) is 14.7. The van der Waals surface area contributed by atoms with Gasteiger partial charge >= 0.3 is 0 Å². The number of carbonyl (C=O) groups excluding carboxylic acids is 2. The van der Waals surface area contributed by atoms with Gasteiger partial charge in [0, 0.05) is 31.7 Å². The van der Waals surface area contributed by atoms with E-state index in [1.807, 2.05) is 19.8 Å². The predicted molar refractivity (Wildman–Crippen MR) is 89.6 cm³/mol. The van der Waals surface area contributed by atoms with Crippen LogP contribution in [0.1, 0.15) is 11.1 Å². The molecule has 0 spiro atoms. The molecule has 1 aliphatic rings. The molecule has 7 nitrogen and oxygen atoms in total. The van der Waals surface area contributed by atoms with Gasteiger partial charge in [-0.1, -0.05) is 6.82 Å². The number of aryl methyl sites for hydroxylation is 1. The van der Waals surface area contributed by atoms with E-state index in [4.69, 9.17) is 0 Å². The van der Waals surface area contributed by atoms with E-state index in [2.05, 4.69) is 21.0 Å². The number of hydrogen-bond acceptors (Lipinski definition) is 5. The fourth-order valence-electron chi connectivity index (χ4n) is 2.47. The molecule has 1 aromatic rings. The first kappa shape index (κ1) is 17.0. The van der Waals surface area contributed by atoms with Crippen LogP contribution in [0.3, 0.4) is 0 Å². The molecule has 2 heterocycles. The lowest BCUT2D eigenvalue weighted by Crippen LogP contribution is -2.54. The molecule has 1 aromatic heterocycles. The number of aromatic nitrogens is 1. The van der Waals surface area contributed by atoms with Crippen LogP contribution >= 0.6 is 0 Å². The van der Waals surface area contributed by atoms with Gasteiger partial charge in [0.25, 0.3) is 5.91 Å². The lowest BCUT2D eigenvalue weighted by Gasteiger charge is -2.30. The molecule has 0 bridgehead atoms. The van der Waals surface area contributed by atoms with Crippen molar-refractivity contribution in [2.75, 3.05) is 20.1 Å². The fraction of sp³-hybridized carbons (Fsp3) is 0.400.